The monoisotopic (exact) mass is 262 g/mol. The van der Waals surface area contributed by atoms with Crippen LogP contribution in [0.15, 0.2) is 0 Å². The van der Waals surface area contributed by atoms with Gasteiger partial charge in [-0.3, -0.25) is 0 Å². The van der Waals surface area contributed by atoms with E-state index in [0.717, 1.165) is 35.5 Å². The third-order valence-electron chi connectivity index (χ3n) is 6.99. The first-order valence-electron chi connectivity index (χ1n) is 9.25. The van der Waals surface area contributed by atoms with Crippen LogP contribution < -0.4 is 0 Å². The summed E-state index contributed by atoms with van der Waals surface area (Å²) in [7, 11) is 0. The summed E-state index contributed by atoms with van der Waals surface area (Å²) in [6, 6.07) is 0. The lowest BCUT2D eigenvalue weighted by Gasteiger charge is -2.46. The molecule has 0 radical (unpaired) electrons. The molecule has 3 saturated carbocycles. The second kappa shape index (κ2) is 6.19. The molecule has 0 nitrogen and oxygen atoms in total. The second-order valence-corrected chi connectivity index (χ2v) is 8.22. The number of rotatable bonds is 2. The van der Waals surface area contributed by atoms with Gasteiger partial charge in [0.25, 0.3) is 0 Å². The van der Waals surface area contributed by atoms with E-state index < -0.39 is 0 Å². The van der Waals surface area contributed by atoms with Gasteiger partial charge < -0.3 is 0 Å². The molecule has 110 valence electrons. The Morgan fingerprint density at radius 3 is 1.79 bits per heavy atom. The zero-order valence-electron chi connectivity index (χ0n) is 13.2. The lowest BCUT2D eigenvalue weighted by Crippen LogP contribution is -2.37. The quantitative estimate of drug-likeness (QED) is 0.568. The molecular formula is C19H34. The lowest BCUT2D eigenvalue weighted by molar-refractivity contribution is 0.0396. The molecule has 0 aromatic rings. The molecule has 0 heterocycles. The highest BCUT2D eigenvalue weighted by molar-refractivity contribution is 4.90. The predicted octanol–water partition coefficient (Wildman–Crippen LogP) is 6.06. The molecule has 0 aromatic heterocycles. The van der Waals surface area contributed by atoms with Gasteiger partial charge >= 0.3 is 0 Å². The number of hydrogen-bond donors (Lipinski definition) is 0. The van der Waals surface area contributed by atoms with Crippen molar-refractivity contribution in [1.82, 2.24) is 0 Å². The van der Waals surface area contributed by atoms with Crippen LogP contribution in [0.5, 0.6) is 0 Å². The lowest BCUT2D eigenvalue weighted by atomic mass is 9.59. The Kier molecular flexibility index (Phi) is 4.54. The largest absolute Gasteiger partial charge is 0.0625 e. The molecule has 3 fully saturated rings. The Bertz CT molecular complexity index is 270. The van der Waals surface area contributed by atoms with Gasteiger partial charge in [-0.25, -0.2) is 0 Å². The van der Waals surface area contributed by atoms with Gasteiger partial charge in [0.1, 0.15) is 0 Å². The fourth-order valence-corrected chi connectivity index (χ4v) is 5.81. The van der Waals surface area contributed by atoms with E-state index in [9.17, 15) is 0 Å². The molecule has 3 unspecified atom stereocenters. The Morgan fingerprint density at radius 1 is 0.579 bits per heavy atom. The van der Waals surface area contributed by atoms with Crippen LogP contribution in [0.25, 0.3) is 0 Å². The first-order chi connectivity index (χ1) is 9.25. The fourth-order valence-electron chi connectivity index (χ4n) is 5.81. The minimum atomic E-state index is 0.926. The van der Waals surface area contributed by atoms with Crippen molar-refractivity contribution in [2.24, 2.45) is 35.5 Å². The van der Waals surface area contributed by atoms with Gasteiger partial charge in [0.15, 0.2) is 0 Å². The van der Waals surface area contributed by atoms with Crippen molar-refractivity contribution in [3.63, 3.8) is 0 Å². The molecule has 3 aliphatic carbocycles. The summed E-state index contributed by atoms with van der Waals surface area (Å²) < 4.78 is 0. The van der Waals surface area contributed by atoms with Gasteiger partial charge in [0.05, 0.1) is 0 Å². The molecular weight excluding hydrogens is 228 g/mol. The molecule has 0 bridgehead atoms. The van der Waals surface area contributed by atoms with Crippen LogP contribution in [0.3, 0.4) is 0 Å². The van der Waals surface area contributed by atoms with E-state index in [0.29, 0.717) is 0 Å². The van der Waals surface area contributed by atoms with Crippen LogP contribution in [0, 0.1) is 35.5 Å². The van der Waals surface area contributed by atoms with Gasteiger partial charge in [-0.05, 0) is 74.0 Å². The van der Waals surface area contributed by atoms with Gasteiger partial charge in [-0.15, -0.1) is 0 Å². The van der Waals surface area contributed by atoms with Crippen LogP contribution in [0.2, 0.25) is 0 Å². The normalized spacial score (nSPS) is 44.1. The summed E-state index contributed by atoms with van der Waals surface area (Å²) >= 11 is 0. The van der Waals surface area contributed by atoms with Crippen molar-refractivity contribution in [2.75, 3.05) is 0 Å². The van der Waals surface area contributed by atoms with Crippen molar-refractivity contribution >= 4 is 0 Å². The summed E-state index contributed by atoms with van der Waals surface area (Å²) in [5.74, 6) is 6.49. The van der Waals surface area contributed by atoms with Crippen LogP contribution >= 0.6 is 0 Å². The minimum absolute atomic E-state index is 0.926. The molecule has 3 aliphatic rings. The second-order valence-electron chi connectivity index (χ2n) is 8.22. The fraction of sp³-hybridized carbons (Fsp3) is 1.00. The van der Waals surface area contributed by atoms with E-state index in [1.807, 2.05) is 0 Å². The van der Waals surface area contributed by atoms with Gasteiger partial charge in [-0.1, -0.05) is 46.0 Å². The SMILES string of the molecule is CC(C)C1CCC(C2CCCC3CCCCC32)CC1. The Hall–Kier alpha value is 0. The van der Waals surface area contributed by atoms with Crippen LogP contribution in [-0.4, -0.2) is 0 Å². The molecule has 0 heteroatoms. The minimum Gasteiger partial charge on any atom is -0.0625 e. The van der Waals surface area contributed by atoms with E-state index >= 15 is 0 Å². The zero-order chi connectivity index (χ0) is 13.2. The van der Waals surface area contributed by atoms with Crippen molar-refractivity contribution < 1.29 is 0 Å². The highest BCUT2D eigenvalue weighted by Crippen LogP contribution is 2.50. The summed E-state index contributed by atoms with van der Waals surface area (Å²) in [6.07, 6.45) is 17.1. The molecule has 0 spiro atoms. The third-order valence-corrected chi connectivity index (χ3v) is 6.99. The molecule has 0 aliphatic heterocycles. The Labute approximate surface area is 120 Å². The average Bonchev–Trinajstić information content (AvgIpc) is 2.47. The molecule has 0 aromatic carbocycles. The molecule has 3 rings (SSSR count). The van der Waals surface area contributed by atoms with E-state index in [1.54, 1.807) is 51.4 Å². The van der Waals surface area contributed by atoms with Gasteiger partial charge in [0.2, 0.25) is 0 Å². The van der Waals surface area contributed by atoms with Crippen LogP contribution in [0.4, 0.5) is 0 Å². The molecule has 0 saturated heterocycles. The maximum absolute atomic E-state index is 2.43. The maximum Gasteiger partial charge on any atom is -0.0355 e. The summed E-state index contributed by atoms with van der Waals surface area (Å²) in [4.78, 5) is 0. The van der Waals surface area contributed by atoms with Gasteiger partial charge in [0, 0.05) is 0 Å². The van der Waals surface area contributed by atoms with Crippen molar-refractivity contribution in [2.45, 2.75) is 84.5 Å². The maximum atomic E-state index is 2.43. The molecule has 0 N–H and O–H groups in total. The first-order valence-corrected chi connectivity index (χ1v) is 9.25. The molecule has 3 atom stereocenters. The summed E-state index contributed by atoms with van der Waals surface area (Å²) in [5.41, 5.74) is 0. The summed E-state index contributed by atoms with van der Waals surface area (Å²) in [5, 5.41) is 0. The molecule has 19 heavy (non-hydrogen) atoms. The van der Waals surface area contributed by atoms with Gasteiger partial charge in [-0.2, -0.15) is 0 Å². The Morgan fingerprint density at radius 2 is 1.11 bits per heavy atom. The number of fused-ring (bicyclic) bond motifs is 1. The van der Waals surface area contributed by atoms with E-state index in [4.69, 9.17) is 0 Å². The average molecular weight is 262 g/mol. The highest BCUT2D eigenvalue weighted by Gasteiger charge is 2.39. The van der Waals surface area contributed by atoms with Crippen molar-refractivity contribution in [3.8, 4) is 0 Å². The van der Waals surface area contributed by atoms with Crippen molar-refractivity contribution in [3.05, 3.63) is 0 Å². The smallest absolute Gasteiger partial charge is 0.0355 e. The summed E-state index contributed by atoms with van der Waals surface area (Å²) in [6.45, 7) is 4.87. The topological polar surface area (TPSA) is 0 Å². The first kappa shape index (κ1) is 14.0. The number of hydrogen-bond acceptors (Lipinski definition) is 0. The van der Waals surface area contributed by atoms with Crippen molar-refractivity contribution in [1.29, 1.82) is 0 Å². The van der Waals surface area contributed by atoms with Crippen LogP contribution in [0.1, 0.15) is 84.5 Å². The standard InChI is InChI=1S/C19H34/c1-14(2)15-10-12-17(13-11-15)19-9-5-7-16-6-3-4-8-18(16)19/h14-19H,3-13H2,1-2H3. The van der Waals surface area contributed by atoms with E-state index in [-0.39, 0.29) is 0 Å². The Balaban J connectivity index is 1.59. The highest BCUT2D eigenvalue weighted by atomic mass is 14.4. The van der Waals surface area contributed by atoms with Crippen LogP contribution in [-0.2, 0) is 0 Å². The zero-order valence-corrected chi connectivity index (χ0v) is 13.2. The van der Waals surface area contributed by atoms with E-state index in [2.05, 4.69) is 13.8 Å². The van der Waals surface area contributed by atoms with E-state index in [1.165, 1.54) is 19.3 Å². The predicted molar refractivity (Wildman–Crippen MR) is 83.1 cm³/mol. The third kappa shape index (κ3) is 3.03. The molecule has 0 amide bonds.